The van der Waals surface area contributed by atoms with Crippen molar-refractivity contribution in [1.82, 2.24) is 14.8 Å². The van der Waals surface area contributed by atoms with E-state index in [1.54, 1.807) is 38.3 Å². The summed E-state index contributed by atoms with van der Waals surface area (Å²) in [5.41, 5.74) is 4.62. The molecule has 2 aromatic heterocycles. The van der Waals surface area contributed by atoms with E-state index in [9.17, 15) is 9.59 Å². The second-order valence-electron chi connectivity index (χ2n) is 9.42. The van der Waals surface area contributed by atoms with Crippen LogP contribution in [0, 0.1) is 12.7 Å². The van der Waals surface area contributed by atoms with Gasteiger partial charge in [-0.2, -0.15) is 5.10 Å². The number of pyridine rings is 1. The molecule has 0 radical (unpaired) electrons. The normalized spacial score (nSPS) is 14.3. The third-order valence-electron chi connectivity index (χ3n) is 7.11. The molecule has 1 aliphatic rings. The van der Waals surface area contributed by atoms with Crippen LogP contribution in [-0.2, 0) is 13.5 Å². The number of anilines is 1. The summed E-state index contributed by atoms with van der Waals surface area (Å²) < 4.78 is 22.0. The van der Waals surface area contributed by atoms with Gasteiger partial charge in [0.1, 0.15) is 11.4 Å². The predicted octanol–water partition coefficient (Wildman–Crippen LogP) is 5.92. The van der Waals surface area contributed by atoms with Crippen molar-refractivity contribution in [3.05, 3.63) is 92.1 Å². The number of amides is 1. The quantitative estimate of drug-likeness (QED) is 0.345. The Morgan fingerprint density at radius 1 is 1.21 bits per heavy atom. The molecule has 1 amide bonds. The molecule has 4 aromatic rings. The van der Waals surface area contributed by atoms with Crippen molar-refractivity contribution in [2.24, 2.45) is 7.05 Å². The Hall–Kier alpha value is -4.04. The summed E-state index contributed by atoms with van der Waals surface area (Å²) >= 11 is 6.86. The van der Waals surface area contributed by atoms with Crippen molar-refractivity contribution in [2.75, 3.05) is 12.4 Å². The fraction of sp³-hybridized carbons (Fsp3) is 0.241. The highest BCUT2D eigenvalue weighted by atomic mass is 35.5. The second kappa shape index (κ2) is 10.0. The average Bonchev–Trinajstić information content (AvgIpc) is 3.27. The number of nitrogens with zero attached hydrogens (tertiary/aromatic N) is 3. The molecule has 38 heavy (non-hydrogen) atoms. The number of carbonyl (C=O) groups excluding carboxylic acids is 1. The number of aryl methyl sites for hydroxylation is 2. The van der Waals surface area contributed by atoms with Gasteiger partial charge in [0.05, 0.1) is 17.8 Å². The van der Waals surface area contributed by atoms with Crippen LogP contribution >= 0.6 is 11.6 Å². The third kappa shape index (κ3) is 4.35. The molecule has 5 rings (SSSR count). The Bertz CT molecular complexity index is 1650. The van der Waals surface area contributed by atoms with Crippen molar-refractivity contribution < 1.29 is 13.9 Å². The summed E-state index contributed by atoms with van der Waals surface area (Å²) in [7, 11) is 3.06. The third-order valence-corrected chi connectivity index (χ3v) is 7.50. The minimum atomic E-state index is -0.586. The van der Waals surface area contributed by atoms with Crippen LogP contribution in [0.1, 0.15) is 46.3 Å². The van der Waals surface area contributed by atoms with Crippen molar-refractivity contribution in [3.8, 4) is 28.3 Å². The highest BCUT2D eigenvalue weighted by Crippen LogP contribution is 2.44. The molecule has 1 N–H and O–H groups in total. The van der Waals surface area contributed by atoms with Gasteiger partial charge in [-0.1, -0.05) is 30.7 Å². The smallest absolute Gasteiger partial charge is 0.279 e. The Balaban J connectivity index is 1.57. The Morgan fingerprint density at radius 2 is 2.00 bits per heavy atom. The van der Waals surface area contributed by atoms with Crippen molar-refractivity contribution in [1.29, 1.82) is 0 Å². The van der Waals surface area contributed by atoms with Gasteiger partial charge in [-0.3, -0.25) is 9.59 Å². The molecule has 2 heterocycles. The van der Waals surface area contributed by atoms with E-state index >= 15 is 4.39 Å². The van der Waals surface area contributed by atoms with E-state index in [-0.39, 0.29) is 16.1 Å². The maximum atomic E-state index is 15.3. The van der Waals surface area contributed by atoms with E-state index in [1.165, 1.54) is 25.4 Å². The van der Waals surface area contributed by atoms with Crippen molar-refractivity contribution in [3.63, 3.8) is 0 Å². The SMILES string of the molecule is COc1nc(-c2ccc(F)c(-c3cccc(NC(=O)c4ccnn(C)c4=O)c3C)c2Cl)cc2c1C(C)CC2. The number of carbonyl (C=O) groups is 1. The standard InChI is InChI=1S/C29H26ClFN4O3/c1-15-8-9-17-14-23(34-28(38-4)24(15)17)19-10-11-21(31)25(26(19)30)18-6-5-7-22(16(18)2)33-27(36)20-12-13-32-35(3)29(20)37/h5-7,10-15H,8-9H2,1-4H3,(H,33,36). The number of ether oxygens (including phenoxy) is 1. The highest BCUT2D eigenvalue weighted by molar-refractivity contribution is 6.36. The maximum Gasteiger partial charge on any atom is 0.279 e. The van der Waals surface area contributed by atoms with Gasteiger partial charge in [-0.15, -0.1) is 0 Å². The van der Waals surface area contributed by atoms with Crippen molar-refractivity contribution in [2.45, 2.75) is 32.6 Å². The first-order valence-corrected chi connectivity index (χ1v) is 12.6. The van der Waals surface area contributed by atoms with Gasteiger partial charge in [0.2, 0.25) is 5.88 Å². The summed E-state index contributed by atoms with van der Waals surface area (Å²) in [4.78, 5) is 29.9. The van der Waals surface area contributed by atoms with E-state index in [0.29, 0.717) is 39.9 Å². The molecule has 0 saturated heterocycles. The molecule has 0 aliphatic heterocycles. The first-order valence-electron chi connectivity index (χ1n) is 12.2. The van der Waals surface area contributed by atoms with Crippen LogP contribution in [0.25, 0.3) is 22.4 Å². The number of methoxy groups -OCH3 is 1. The number of rotatable bonds is 5. The molecule has 1 atom stereocenters. The summed E-state index contributed by atoms with van der Waals surface area (Å²) in [6.07, 6.45) is 3.31. The molecule has 7 nitrogen and oxygen atoms in total. The van der Waals surface area contributed by atoms with E-state index < -0.39 is 17.3 Å². The second-order valence-corrected chi connectivity index (χ2v) is 9.80. The zero-order valence-corrected chi connectivity index (χ0v) is 22.2. The van der Waals surface area contributed by atoms with E-state index in [1.807, 2.05) is 6.07 Å². The van der Waals surface area contributed by atoms with Gasteiger partial charge in [-0.05, 0) is 72.7 Å². The number of fused-ring (bicyclic) bond motifs is 1. The lowest BCUT2D eigenvalue weighted by atomic mass is 9.95. The zero-order chi connectivity index (χ0) is 27.1. The van der Waals surface area contributed by atoms with Gasteiger partial charge in [-0.25, -0.2) is 14.1 Å². The van der Waals surface area contributed by atoms with Gasteiger partial charge in [0, 0.05) is 35.6 Å². The number of hydrogen-bond acceptors (Lipinski definition) is 5. The molecule has 1 unspecified atom stereocenters. The lowest BCUT2D eigenvalue weighted by Gasteiger charge is -2.17. The molecule has 194 valence electrons. The topological polar surface area (TPSA) is 86.1 Å². The first-order chi connectivity index (χ1) is 18.2. The summed E-state index contributed by atoms with van der Waals surface area (Å²) in [5, 5.41) is 6.81. The molecule has 2 aromatic carbocycles. The fourth-order valence-corrected chi connectivity index (χ4v) is 5.39. The number of nitrogens with one attached hydrogen (secondary N) is 1. The van der Waals surface area contributed by atoms with Gasteiger partial charge >= 0.3 is 0 Å². The van der Waals surface area contributed by atoms with Crippen molar-refractivity contribution >= 4 is 23.2 Å². The minimum absolute atomic E-state index is 0.0514. The molecule has 0 bridgehead atoms. The van der Waals surface area contributed by atoms with Gasteiger partial charge < -0.3 is 10.1 Å². The number of benzene rings is 2. The molecule has 0 spiro atoms. The average molecular weight is 533 g/mol. The first kappa shape index (κ1) is 25.6. The van der Waals surface area contributed by atoms with Crippen LogP contribution in [0.5, 0.6) is 5.88 Å². The van der Waals surface area contributed by atoms with Gasteiger partial charge in [0.25, 0.3) is 11.5 Å². The summed E-state index contributed by atoms with van der Waals surface area (Å²) in [5.74, 6) is -0.173. The minimum Gasteiger partial charge on any atom is -0.481 e. The summed E-state index contributed by atoms with van der Waals surface area (Å²) in [6, 6.07) is 11.5. The van der Waals surface area contributed by atoms with Gasteiger partial charge in [0.15, 0.2) is 0 Å². The Morgan fingerprint density at radius 3 is 2.76 bits per heavy atom. The lowest BCUT2D eigenvalue weighted by Crippen LogP contribution is -2.28. The van der Waals surface area contributed by atoms with Crippen LogP contribution < -0.4 is 15.6 Å². The number of halogens is 2. The number of aromatic nitrogens is 3. The Kier molecular flexibility index (Phi) is 6.75. The van der Waals surface area contributed by atoms with Crippen LogP contribution in [0.15, 0.2) is 53.5 Å². The Labute approximate surface area is 224 Å². The van der Waals surface area contributed by atoms with E-state index in [2.05, 4.69) is 17.3 Å². The van der Waals surface area contributed by atoms with Crippen LogP contribution in [0.4, 0.5) is 10.1 Å². The molecule has 9 heteroatoms. The zero-order valence-electron chi connectivity index (χ0n) is 21.4. The maximum absolute atomic E-state index is 15.3. The van der Waals surface area contributed by atoms with E-state index in [4.69, 9.17) is 21.3 Å². The fourth-order valence-electron chi connectivity index (χ4n) is 5.03. The highest BCUT2D eigenvalue weighted by Gasteiger charge is 2.26. The molecule has 1 aliphatic carbocycles. The largest absolute Gasteiger partial charge is 0.481 e. The molecule has 0 saturated carbocycles. The van der Waals surface area contributed by atoms with Crippen LogP contribution in [0.3, 0.4) is 0 Å². The predicted molar refractivity (Wildman–Crippen MR) is 146 cm³/mol. The van der Waals surface area contributed by atoms with Crippen LogP contribution in [0.2, 0.25) is 5.02 Å². The lowest BCUT2D eigenvalue weighted by molar-refractivity contribution is 0.102. The summed E-state index contributed by atoms with van der Waals surface area (Å²) in [6.45, 7) is 3.91. The number of hydrogen-bond donors (Lipinski definition) is 1. The molecule has 0 fully saturated rings. The monoisotopic (exact) mass is 532 g/mol. The molecular weight excluding hydrogens is 507 g/mol. The molecular formula is C29H26ClFN4O3. The van der Waals surface area contributed by atoms with Crippen LogP contribution in [-0.4, -0.2) is 27.8 Å². The van der Waals surface area contributed by atoms with E-state index in [0.717, 1.165) is 28.7 Å².